The van der Waals surface area contributed by atoms with E-state index >= 15 is 0 Å². The molecule has 0 aromatic carbocycles. The van der Waals surface area contributed by atoms with Crippen LogP contribution in [0.15, 0.2) is 0 Å². The van der Waals surface area contributed by atoms with E-state index < -0.39 is 5.79 Å². The first kappa shape index (κ1) is 14.7. The molecule has 0 radical (unpaired) electrons. The third kappa shape index (κ3) is 2.74. The van der Waals surface area contributed by atoms with Gasteiger partial charge in [-0.1, -0.05) is 0 Å². The van der Waals surface area contributed by atoms with Gasteiger partial charge in [0.1, 0.15) is 12.2 Å². The normalized spacial score (nSPS) is 43.0. The minimum Gasteiger partial charge on any atom is -0.393 e. The topological polar surface area (TPSA) is 57.2 Å². The quantitative estimate of drug-likeness (QED) is 0.845. The minimum atomic E-state index is -0.461. The molecule has 0 amide bonds. The summed E-state index contributed by atoms with van der Waals surface area (Å²) in [6, 6.07) is 0. The smallest absolute Gasteiger partial charge is 0.172 e. The van der Waals surface area contributed by atoms with Crippen molar-refractivity contribution in [2.75, 3.05) is 27.4 Å². The van der Waals surface area contributed by atoms with Gasteiger partial charge in [0.2, 0.25) is 0 Å². The van der Waals surface area contributed by atoms with E-state index in [-0.39, 0.29) is 18.3 Å². The Bertz CT molecular complexity index is 320. The molecular formula is C15H26O5. The molecule has 20 heavy (non-hydrogen) atoms. The van der Waals surface area contributed by atoms with Crippen LogP contribution in [0.2, 0.25) is 0 Å². The van der Waals surface area contributed by atoms with Crippen LogP contribution in [-0.4, -0.2) is 56.6 Å². The van der Waals surface area contributed by atoms with Crippen LogP contribution in [-0.2, 0) is 18.9 Å². The Balaban J connectivity index is 1.71. The van der Waals surface area contributed by atoms with E-state index in [1.54, 1.807) is 14.2 Å². The third-order valence-corrected chi connectivity index (χ3v) is 4.90. The predicted octanol–water partition coefficient (Wildman–Crippen LogP) is 1.33. The van der Waals surface area contributed by atoms with Crippen LogP contribution < -0.4 is 0 Å². The molecule has 0 unspecified atom stereocenters. The Hall–Kier alpha value is -0.200. The van der Waals surface area contributed by atoms with Crippen molar-refractivity contribution in [3.05, 3.63) is 0 Å². The average Bonchev–Trinajstić information content (AvgIpc) is 3.07. The van der Waals surface area contributed by atoms with Gasteiger partial charge in [-0.2, -0.15) is 0 Å². The minimum absolute atomic E-state index is 0.0504. The van der Waals surface area contributed by atoms with E-state index in [0.717, 1.165) is 32.1 Å². The van der Waals surface area contributed by atoms with Crippen LogP contribution >= 0.6 is 0 Å². The monoisotopic (exact) mass is 286 g/mol. The van der Waals surface area contributed by atoms with Crippen molar-refractivity contribution in [3.63, 3.8) is 0 Å². The molecule has 5 atom stereocenters. The highest BCUT2D eigenvalue weighted by atomic mass is 16.8. The van der Waals surface area contributed by atoms with Crippen LogP contribution in [0.25, 0.3) is 0 Å². The fourth-order valence-corrected chi connectivity index (χ4v) is 3.88. The Morgan fingerprint density at radius 2 is 1.75 bits per heavy atom. The van der Waals surface area contributed by atoms with Crippen LogP contribution in [0, 0.1) is 11.8 Å². The standard InChI is InChI=1S/C15H26O5/c1-17-8-13-14(9-18-2)20-15(19-13)5-3-4-11(16)6-10-7-12(10)15/h10-14,16H,3-9H2,1-2H3/t10-,11-,12+,13-,14-/m0/s1. The number of aliphatic hydroxyl groups excluding tert-OH is 1. The second-order valence-corrected chi connectivity index (χ2v) is 6.42. The predicted molar refractivity (Wildman–Crippen MR) is 72.3 cm³/mol. The van der Waals surface area contributed by atoms with Gasteiger partial charge in [-0.25, -0.2) is 0 Å². The Labute approximate surface area is 120 Å². The molecule has 1 N–H and O–H groups in total. The van der Waals surface area contributed by atoms with E-state index in [1.165, 1.54) is 0 Å². The molecule has 3 fully saturated rings. The van der Waals surface area contributed by atoms with E-state index in [1.807, 2.05) is 0 Å². The van der Waals surface area contributed by atoms with E-state index in [2.05, 4.69) is 0 Å². The summed E-state index contributed by atoms with van der Waals surface area (Å²) in [6.07, 6.45) is 4.42. The molecule has 116 valence electrons. The molecule has 3 rings (SSSR count). The van der Waals surface area contributed by atoms with Gasteiger partial charge in [0.15, 0.2) is 5.79 Å². The first-order valence-corrected chi connectivity index (χ1v) is 7.70. The summed E-state index contributed by atoms with van der Waals surface area (Å²) in [5.74, 6) is 0.519. The molecule has 0 aromatic heterocycles. The summed E-state index contributed by atoms with van der Waals surface area (Å²) in [6.45, 7) is 1.07. The van der Waals surface area contributed by atoms with Gasteiger partial charge in [-0.05, 0) is 31.6 Å². The van der Waals surface area contributed by atoms with Gasteiger partial charge in [-0.15, -0.1) is 0 Å². The molecule has 1 heterocycles. The van der Waals surface area contributed by atoms with Crippen molar-refractivity contribution in [2.45, 2.75) is 56.2 Å². The largest absolute Gasteiger partial charge is 0.393 e. The van der Waals surface area contributed by atoms with Crippen molar-refractivity contribution >= 4 is 0 Å². The maximum absolute atomic E-state index is 9.89. The maximum atomic E-state index is 9.89. The lowest BCUT2D eigenvalue weighted by Crippen LogP contribution is -2.37. The molecule has 1 aliphatic heterocycles. The molecule has 2 aliphatic carbocycles. The van der Waals surface area contributed by atoms with Gasteiger partial charge >= 0.3 is 0 Å². The molecular weight excluding hydrogens is 260 g/mol. The zero-order chi connectivity index (χ0) is 14.2. The van der Waals surface area contributed by atoms with Crippen LogP contribution in [0.4, 0.5) is 0 Å². The molecule has 3 aliphatic rings. The maximum Gasteiger partial charge on any atom is 0.172 e. The van der Waals surface area contributed by atoms with Crippen LogP contribution in [0.3, 0.4) is 0 Å². The lowest BCUT2D eigenvalue weighted by molar-refractivity contribution is -0.206. The van der Waals surface area contributed by atoms with Gasteiger partial charge in [0.05, 0.1) is 19.3 Å². The third-order valence-electron chi connectivity index (χ3n) is 4.90. The van der Waals surface area contributed by atoms with Crippen LogP contribution in [0.1, 0.15) is 32.1 Å². The van der Waals surface area contributed by atoms with Crippen molar-refractivity contribution in [3.8, 4) is 0 Å². The lowest BCUT2D eigenvalue weighted by Gasteiger charge is -2.31. The van der Waals surface area contributed by atoms with Gasteiger partial charge in [0.25, 0.3) is 0 Å². The molecule has 1 spiro atoms. The molecule has 0 aromatic rings. The molecule has 5 heteroatoms. The summed E-state index contributed by atoms with van der Waals surface area (Å²) in [4.78, 5) is 0. The first-order valence-electron chi connectivity index (χ1n) is 7.70. The zero-order valence-electron chi connectivity index (χ0n) is 12.4. The number of ether oxygens (including phenoxy) is 4. The number of hydrogen-bond donors (Lipinski definition) is 1. The van der Waals surface area contributed by atoms with Crippen LogP contribution in [0.5, 0.6) is 0 Å². The van der Waals surface area contributed by atoms with Crippen molar-refractivity contribution < 1.29 is 24.1 Å². The lowest BCUT2D eigenvalue weighted by atomic mass is 9.94. The molecule has 2 saturated carbocycles. The van der Waals surface area contributed by atoms with Gasteiger partial charge in [-0.3, -0.25) is 0 Å². The highest BCUT2D eigenvalue weighted by Crippen LogP contribution is 2.57. The van der Waals surface area contributed by atoms with E-state index in [4.69, 9.17) is 18.9 Å². The van der Waals surface area contributed by atoms with E-state index in [9.17, 15) is 5.11 Å². The Morgan fingerprint density at radius 1 is 1.10 bits per heavy atom. The summed E-state index contributed by atoms with van der Waals surface area (Å²) < 4.78 is 23.1. The number of methoxy groups -OCH3 is 2. The second-order valence-electron chi connectivity index (χ2n) is 6.42. The summed E-state index contributed by atoms with van der Waals surface area (Å²) in [5, 5.41) is 9.89. The fraction of sp³-hybridized carbons (Fsp3) is 1.00. The molecule has 5 nitrogen and oxygen atoms in total. The van der Waals surface area contributed by atoms with Gasteiger partial charge < -0.3 is 24.1 Å². The zero-order valence-corrected chi connectivity index (χ0v) is 12.4. The average molecular weight is 286 g/mol. The summed E-state index contributed by atoms with van der Waals surface area (Å²) in [5.41, 5.74) is 0. The SMILES string of the molecule is COC[C@@H]1OC2(CCC[C@H](O)C[C@H]3C[C@H]32)O[C@H]1COC. The second kappa shape index (κ2) is 5.89. The fourth-order valence-electron chi connectivity index (χ4n) is 3.88. The number of hydrogen-bond acceptors (Lipinski definition) is 5. The molecule has 0 bridgehead atoms. The number of fused-ring (bicyclic) bond motifs is 2. The van der Waals surface area contributed by atoms with Crippen molar-refractivity contribution in [2.24, 2.45) is 11.8 Å². The number of aliphatic hydroxyl groups is 1. The highest BCUT2D eigenvalue weighted by molar-refractivity contribution is 5.03. The summed E-state index contributed by atoms with van der Waals surface area (Å²) in [7, 11) is 3.37. The van der Waals surface area contributed by atoms with Gasteiger partial charge in [0, 0.05) is 26.6 Å². The summed E-state index contributed by atoms with van der Waals surface area (Å²) >= 11 is 0. The molecule has 1 saturated heterocycles. The Kier molecular flexibility index (Phi) is 4.34. The van der Waals surface area contributed by atoms with Crippen molar-refractivity contribution in [1.82, 2.24) is 0 Å². The highest BCUT2D eigenvalue weighted by Gasteiger charge is 2.60. The Morgan fingerprint density at radius 3 is 2.35 bits per heavy atom. The first-order chi connectivity index (χ1) is 9.68. The number of rotatable bonds is 4. The van der Waals surface area contributed by atoms with Crippen molar-refractivity contribution in [1.29, 1.82) is 0 Å². The van der Waals surface area contributed by atoms with E-state index in [0.29, 0.717) is 25.0 Å².